The van der Waals surface area contributed by atoms with E-state index in [1.165, 1.54) is 81.9 Å². The molecule has 2 aliphatic rings. The Balaban J connectivity index is 1.16. The third-order valence-corrected chi connectivity index (χ3v) is 12.7. The van der Waals surface area contributed by atoms with Gasteiger partial charge in [0.1, 0.15) is 11.6 Å². The summed E-state index contributed by atoms with van der Waals surface area (Å²) in [6.07, 6.45) is 19.0. The summed E-state index contributed by atoms with van der Waals surface area (Å²) < 4.78 is 9.90. The van der Waals surface area contributed by atoms with Crippen molar-refractivity contribution >= 4 is 92.9 Å². The Morgan fingerprint density at radius 2 is 0.914 bits per heavy atom. The molecular formula is C53H37N5. The van der Waals surface area contributed by atoms with Crippen LogP contribution in [0.5, 0.6) is 0 Å². The van der Waals surface area contributed by atoms with Crippen LogP contribution in [0.3, 0.4) is 0 Å². The molecule has 0 amide bonds. The summed E-state index contributed by atoms with van der Waals surface area (Å²) in [4.78, 5) is 5.72. The lowest BCUT2D eigenvalue weighted by Crippen LogP contribution is -2.08. The van der Waals surface area contributed by atoms with Crippen molar-refractivity contribution in [3.8, 4) is 11.6 Å². The smallest absolute Gasteiger partial charge is 0.140 e. The van der Waals surface area contributed by atoms with Gasteiger partial charge in [0.2, 0.25) is 0 Å². The quantitative estimate of drug-likeness (QED) is 0.177. The molecule has 5 nitrogen and oxygen atoms in total. The molecule has 0 spiro atoms. The molecule has 0 aliphatic heterocycles. The molecule has 13 rings (SSSR count). The number of benzene rings is 6. The monoisotopic (exact) mass is 743 g/mol. The zero-order valence-electron chi connectivity index (χ0n) is 31.8. The Kier molecular flexibility index (Phi) is 6.61. The number of pyridine rings is 1. The number of fused-ring (bicyclic) bond motifs is 14. The number of hydrogen-bond donors (Lipinski definition) is 0. The molecule has 0 fully saturated rings. The van der Waals surface area contributed by atoms with E-state index < -0.39 is 0 Å². The van der Waals surface area contributed by atoms with Gasteiger partial charge >= 0.3 is 0 Å². The third-order valence-electron chi connectivity index (χ3n) is 12.7. The number of rotatable bonds is 4. The Morgan fingerprint density at radius 1 is 0.414 bits per heavy atom. The van der Waals surface area contributed by atoms with Crippen molar-refractivity contribution in [1.82, 2.24) is 23.3 Å². The number of nitrogens with zero attached hydrogens (tertiary/aromatic N) is 5. The van der Waals surface area contributed by atoms with Crippen molar-refractivity contribution in [2.24, 2.45) is 0 Å². The standard InChI is InChI=1S/C53H37N5/c1-3-16-34(17-4-1)55-44-24-11-7-20-36(44)40-30-32-42-38-22-9-13-26-46(38)57(52(42)50(40)55)48-28-15-29-49(54-48)58-47-27-14-10-23-39(47)43-33-31-41-37-21-8-12-25-45(37)56(51(41)53(43)58)35-18-5-2-6-19-35/h1,3-5,7-16,18-34H,2,6,17H2. The van der Waals surface area contributed by atoms with Crippen LogP contribution in [0.25, 0.3) is 105 Å². The van der Waals surface area contributed by atoms with Crippen molar-refractivity contribution in [3.63, 3.8) is 0 Å². The first-order valence-corrected chi connectivity index (χ1v) is 20.4. The van der Waals surface area contributed by atoms with E-state index in [1.54, 1.807) is 0 Å². The van der Waals surface area contributed by atoms with Crippen LogP contribution in [-0.2, 0) is 0 Å². The molecule has 5 aromatic heterocycles. The van der Waals surface area contributed by atoms with Crippen LogP contribution in [0.2, 0.25) is 0 Å². The summed E-state index contributed by atoms with van der Waals surface area (Å²) in [7, 11) is 0. The largest absolute Gasteiger partial charge is 0.331 e. The minimum atomic E-state index is 0.199. The van der Waals surface area contributed by atoms with Crippen molar-refractivity contribution in [2.45, 2.75) is 25.3 Å². The van der Waals surface area contributed by atoms with Crippen LogP contribution < -0.4 is 0 Å². The molecule has 58 heavy (non-hydrogen) atoms. The van der Waals surface area contributed by atoms with Crippen LogP contribution >= 0.6 is 0 Å². The average Bonchev–Trinajstić information content (AvgIpc) is 4.02. The van der Waals surface area contributed by atoms with Gasteiger partial charge in [0, 0.05) is 54.3 Å². The summed E-state index contributed by atoms with van der Waals surface area (Å²) in [5, 5.41) is 9.92. The van der Waals surface area contributed by atoms with Gasteiger partial charge in [0.25, 0.3) is 0 Å². The molecule has 11 aromatic rings. The van der Waals surface area contributed by atoms with Gasteiger partial charge in [-0.05, 0) is 61.7 Å². The number of aromatic nitrogens is 5. The second-order valence-corrected chi connectivity index (χ2v) is 15.7. The van der Waals surface area contributed by atoms with Gasteiger partial charge in [-0.15, -0.1) is 0 Å². The molecule has 0 radical (unpaired) electrons. The van der Waals surface area contributed by atoms with Crippen molar-refractivity contribution < 1.29 is 0 Å². The Bertz CT molecular complexity index is 3670. The van der Waals surface area contributed by atoms with Crippen LogP contribution in [0.1, 0.15) is 25.3 Å². The normalized spacial score (nSPS) is 15.8. The maximum Gasteiger partial charge on any atom is 0.140 e. The zero-order valence-corrected chi connectivity index (χ0v) is 31.8. The molecule has 1 unspecified atom stereocenters. The molecular weight excluding hydrogens is 707 g/mol. The lowest BCUT2D eigenvalue weighted by atomic mass is 10.1. The predicted octanol–water partition coefficient (Wildman–Crippen LogP) is 13.7. The highest BCUT2D eigenvalue weighted by Gasteiger charge is 2.25. The van der Waals surface area contributed by atoms with Gasteiger partial charge in [-0.3, -0.25) is 9.13 Å². The van der Waals surface area contributed by atoms with Gasteiger partial charge < -0.3 is 9.13 Å². The van der Waals surface area contributed by atoms with Gasteiger partial charge in [-0.2, -0.15) is 0 Å². The van der Waals surface area contributed by atoms with E-state index in [0.717, 1.165) is 41.9 Å². The summed E-state index contributed by atoms with van der Waals surface area (Å²) in [5.41, 5.74) is 10.8. The highest BCUT2D eigenvalue weighted by atomic mass is 15.2. The van der Waals surface area contributed by atoms with Crippen LogP contribution in [0.15, 0.2) is 182 Å². The molecule has 5 heteroatoms. The number of para-hydroxylation sites is 4. The summed E-state index contributed by atoms with van der Waals surface area (Å²) in [5.74, 6) is 1.78. The Labute approximate surface area is 334 Å². The second kappa shape index (κ2) is 12.1. The predicted molar refractivity (Wildman–Crippen MR) is 243 cm³/mol. The molecule has 0 bridgehead atoms. The SMILES string of the molecule is C1=CCC(n2c3ccccc3c3ccc4c5ccccc5n(-c5cccc(-n6c7ccccc7c7ccc8c9ccccc9n(C9=CCCC=C9)c8c76)n5)c4c32)C=C1. The molecule has 5 heterocycles. The van der Waals surface area contributed by atoms with Crippen molar-refractivity contribution in [2.75, 3.05) is 0 Å². The topological polar surface area (TPSA) is 32.6 Å². The maximum absolute atomic E-state index is 5.72. The fourth-order valence-corrected chi connectivity index (χ4v) is 10.3. The summed E-state index contributed by atoms with van der Waals surface area (Å²) in [6, 6.07) is 51.4. The lowest BCUT2D eigenvalue weighted by molar-refractivity contribution is 0.648. The van der Waals surface area contributed by atoms with Crippen LogP contribution in [0.4, 0.5) is 0 Å². The van der Waals surface area contributed by atoms with E-state index in [4.69, 9.17) is 4.98 Å². The van der Waals surface area contributed by atoms with Crippen molar-refractivity contribution in [1.29, 1.82) is 0 Å². The van der Waals surface area contributed by atoms with Gasteiger partial charge in [0.05, 0.1) is 44.7 Å². The van der Waals surface area contributed by atoms with E-state index in [-0.39, 0.29) is 6.04 Å². The molecule has 0 saturated carbocycles. The molecule has 0 N–H and O–H groups in total. The Morgan fingerprint density at radius 3 is 1.47 bits per heavy atom. The Hall–Kier alpha value is -7.37. The third kappa shape index (κ3) is 4.28. The zero-order chi connectivity index (χ0) is 37.9. The number of allylic oxidation sites excluding steroid dienone is 8. The highest BCUT2D eigenvalue weighted by Crippen LogP contribution is 2.44. The molecule has 0 saturated heterocycles. The van der Waals surface area contributed by atoms with E-state index in [2.05, 4.69) is 200 Å². The van der Waals surface area contributed by atoms with E-state index >= 15 is 0 Å². The number of hydrogen-bond acceptors (Lipinski definition) is 1. The first kappa shape index (κ1) is 31.8. The fourth-order valence-electron chi connectivity index (χ4n) is 10.3. The summed E-state index contributed by atoms with van der Waals surface area (Å²) >= 11 is 0. The molecule has 1 atom stereocenters. The van der Waals surface area contributed by atoms with Crippen LogP contribution in [0, 0.1) is 0 Å². The second-order valence-electron chi connectivity index (χ2n) is 15.7. The van der Waals surface area contributed by atoms with E-state index in [9.17, 15) is 0 Å². The maximum atomic E-state index is 5.72. The van der Waals surface area contributed by atoms with E-state index in [0.29, 0.717) is 0 Å². The highest BCUT2D eigenvalue weighted by molar-refractivity contribution is 6.25. The van der Waals surface area contributed by atoms with Crippen LogP contribution in [-0.4, -0.2) is 23.3 Å². The molecule has 6 aromatic carbocycles. The summed E-state index contributed by atoms with van der Waals surface area (Å²) in [6.45, 7) is 0. The van der Waals surface area contributed by atoms with E-state index in [1.807, 2.05) is 0 Å². The van der Waals surface area contributed by atoms with Gasteiger partial charge in [0.15, 0.2) is 0 Å². The molecule has 2 aliphatic carbocycles. The first-order chi connectivity index (χ1) is 28.8. The fraction of sp³-hybridized carbons (Fsp3) is 0.0755. The average molecular weight is 744 g/mol. The van der Waals surface area contributed by atoms with Crippen molar-refractivity contribution in [3.05, 3.63) is 182 Å². The van der Waals surface area contributed by atoms with Gasteiger partial charge in [-0.25, -0.2) is 4.98 Å². The first-order valence-electron chi connectivity index (χ1n) is 20.4. The minimum absolute atomic E-state index is 0.199. The molecule has 274 valence electrons. The minimum Gasteiger partial charge on any atom is -0.331 e. The lowest BCUT2D eigenvalue weighted by Gasteiger charge is -2.19. The van der Waals surface area contributed by atoms with Gasteiger partial charge in [-0.1, -0.05) is 140 Å².